The Morgan fingerprint density at radius 2 is 1.27 bits per heavy atom. The average Bonchev–Trinajstić information content (AvgIpc) is 3.10. The van der Waals surface area contributed by atoms with E-state index in [0.29, 0.717) is 69.9 Å². The Bertz CT molecular complexity index is 1480. The van der Waals surface area contributed by atoms with Gasteiger partial charge in [0.05, 0.1) is 64.3 Å². The molecule has 338 valence electrons. The van der Waals surface area contributed by atoms with Gasteiger partial charge in [-0.3, -0.25) is 14.4 Å². The van der Waals surface area contributed by atoms with Crippen molar-refractivity contribution in [2.45, 2.75) is 119 Å². The Hall–Kier alpha value is -3.05. The molecule has 15 heteroatoms. The smallest absolute Gasteiger partial charge is 0.491 e. The summed E-state index contributed by atoms with van der Waals surface area (Å²) in [5.41, 5.74) is -1.16. The van der Waals surface area contributed by atoms with Crippen LogP contribution in [0.2, 0.25) is 0 Å². The summed E-state index contributed by atoms with van der Waals surface area (Å²) < 4.78 is 32.1. The normalized spacial score (nSPS) is 14.8. The predicted octanol–water partition coefficient (Wildman–Crippen LogP) is 6.81. The van der Waals surface area contributed by atoms with Gasteiger partial charge in [-0.05, 0) is 77.5 Å². The molecule has 3 amide bonds. The fourth-order valence-corrected chi connectivity index (χ4v) is 6.81. The van der Waals surface area contributed by atoms with E-state index in [1.54, 1.807) is 70.8 Å². The monoisotopic (exact) mass is 855 g/mol. The highest BCUT2D eigenvalue weighted by atomic mass is 32.2. The molecule has 4 unspecified atom stereocenters. The highest BCUT2D eigenvalue weighted by molar-refractivity contribution is 8.13. The number of allylic oxidation sites excluding steroid dienone is 1. The molecule has 0 radical (unpaired) electrons. The second kappa shape index (κ2) is 25.0. The van der Waals surface area contributed by atoms with Crippen molar-refractivity contribution in [1.82, 2.24) is 10.2 Å². The number of amides is 3. The number of likely N-dealkylation sites (N-methyl/N-ethyl adjacent to an activating group) is 2. The fraction of sp³-hybridized carbons (Fsp3) is 0.727. The summed E-state index contributed by atoms with van der Waals surface area (Å²) in [6.45, 7) is 27.5. The minimum atomic E-state index is -1.45. The van der Waals surface area contributed by atoms with E-state index in [2.05, 4.69) is 5.32 Å². The number of carbonyl (C=O) groups excluding carboxylic acids is 4. The standard InChI is InChI=1S/C44H75N3O11S/c1-31(2)30-36(32(3)4)46(14)40(50)37(42(6,7)8)45-39(49)38(47(15,52)41(51)58-43(9,10)11)44(12,13)34-16-18-35(19-17-34)57-27-26-55-23-22-53-20-21-54-24-25-56-28-29-59-33(5)48/h16-19,30,32,36-38,52H,20-29H2,1-15H3/p+1. The molecule has 2 N–H and O–H groups in total. The van der Waals surface area contributed by atoms with Gasteiger partial charge >= 0.3 is 6.09 Å². The van der Waals surface area contributed by atoms with E-state index in [0.717, 1.165) is 5.57 Å². The molecular weight excluding hydrogens is 779 g/mol. The largest absolute Gasteiger partial charge is 0.550 e. The van der Waals surface area contributed by atoms with Crippen LogP contribution in [0.4, 0.5) is 4.79 Å². The summed E-state index contributed by atoms with van der Waals surface area (Å²) >= 11 is 1.24. The molecule has 0 bridgehead atoms. The number of quaternary nitrogens is 1. The van der Waals surface area contributed by atoms with E-state index in [-0.39, 0.29) is 29.6 Å². The molecule has 1 aromatic rings. The second-order valence-corrected chi connectivity index (χ2v) is 19.3. The van der Waals surface area contributed by atoms with Crippen LogP contribution in [0, 0.1) is 11.3 Å². The summed E-state index contributed by atoms with van der Waals surface area (Å²) in [5.74, 6) is 0.332. The number of nitrogens with one attached hydrogen (secondary N) is 1. The van der Waals surface area contributed by atoms with Crippen LogP contribution in [0.25, 0.3) is 0 Å². The molecule has 0 heterocycles. The third kappa shape index (κ3) is 19.5. The highest BCUT2D eigenvalue weighted by Gasteiger charge is 2.57. The minimum Gasteiger partial charge on any atom is -0.491 e. The zero-order chi connectivity index (χ0) is 45.2. The number of nitrogens with zero attached hydrogens (tertiary/aromatic N) is 2. The fourth-order valence-electron chi connectivity index (χ4n) is 6.32. The number of hydroxylamine groups is 3. The maximum atomic E-state index is 14.7. The maximum Gasteiger partial charge on any atom is 0.550 e. The number of hydrogen-bond donors (Lipinski definition) is 2. The summed E-state index contributed by atoms with van der Waals surface area (Å²) in [5, 5.41) is 15.0. The van der Waals surface area contributed by atoms with Gasteiger partial charge in [-0.15, -0.1) is 0 Å². The second-order valence-electron chi connectivity index (χ2n) is 18.0. The van der Waals surface area contributed by atoms with E-state index in [1.807, 2.05) is 54.5 Å². The van der Waals surface area contributed by atoms with Crippen LogP contribution in [0.5, 0.6) is 5.75 Å². The number of hydrogen-bond acceptors (Lipinski definition) is 12. The van der Waals surface area contributed by atoms with Gasteiger partial charge in [-0.25, -0.2) is 5.21 Å². The first-order chi connectivity index (χ1) is 27.2. The van der Waals surface area contributed by atoms with Crippen LogP contribution in [-0.4, -0.2) is 141 Å². The lowest BCUT2D eigenvalue weighted by Gasteiger charge is -2.42. The van der Waals surface area contributed by atoms with E-state index in [9.17, 15) is 24.4 Å². The highest BCUT2D eigenvalue weighted by Crippen LogP contribution is 2.36. The lowest BCUT2D eigenvalue weighted by molar-refractivity contribution is -1.04. The molecule has 0 fully saturated rings. The third-order valence-electron chi connectivity index (χ3n) is 9.32. The quantitative estimate of drug-likeness (QED) is 0.0349. The lowest BCUT2D eigenvalue weighted by Crippen LogP contribution is -2.69. The molecule has 0 saturated carbocycles. The Morgan fingerprint density at radius 3 is 1.69 bits per heavy atom. The Kier molecular flexibility index (Phi) is 22.9. The minimum absolute atomic E-state index is 0.0793. The molecule has 59 heavy (non-hydrogen) atoms. The molecule has 14 nitrogen and oxygen atoms in total. The number of thioether (sulfide) groups is 1. The van der Waals surface area contributed by atoms with Crippen LogP contribution >= 0.6 is 11.8 Å². The van der Waals surface area contributed by atoms with Crippen molar-refractivity contribution < 1.29 is 57.5 Å². The van der Waals surface area contributed by atoms with Crippen molar-refractivity contribution >= 4 is 34.8 Å². The zero-order valence-electron chi connectivity index (χ0n) is 38.6. The van der Waals surface area contributed by atoms with Gasteiger partial charge in [0.2, 0.25) is 11.9 Å². The number of rotatable bonds is 25. The van der Waals surface area contributed by atoms with Gasteiger partial charge in [-0.1, -0.05) is 74.8 Å². The summed E-state index contributed by atoms with van der Waals surface area (Å²) in [6.07, 6.45) is 1.03. The Labute approximate surface area is 358 Å². The van der Waals surface area contributed by atoms with Crippen LogP contribution in [0.1, 0.15) is 95.6 Å². The number of ether oxygens (including phenoxy) is 6. The van der Waals surface area contributed by atoms with Gasteiger partial charge in [0, 0.05) is 19.7 Å². The van der Waals surface area contributed by atoms with E-state index < -0.39 is 45.2 Å². The van der Waals surface area contributed by atoms with Crippen LogP contribution < -0.4 is 10.1 Å². The van der Waals surface area contributed by atoms with Gasteiger partial charge in [0.15, 0.2) is 5.12 Å². The summed E-state index contributed by atoms with van der Waals surface area (Å²) in [4.78, 5) is 55.1. The molecule has 0 aliphatic heterocycles. The van der Waals surface area contributed by atoms with Crippen LogP contribution in [-0.2, 0) is 43.5 Å². The zero-order valence-corrected chi connectivity index (χ0v) is 39.4. The molecule has 0 saturated heterocycles. The van der Waals surface area contributed by atoms with Crippen molar-refractivity contribution in [2.24, 2.45) is 11.3 Å². The van der Waals surface area contributed by atoms with E-state index >= 15 is 0 Å². The van der Waals surface area contributed by atoms with Gasteiger partial charge in [0.25, 0.3) is 5.91 Å². The first-order valence-corrected chi connectivity index (χ1v) is 21.4. The Morgan fingerprint density at radius 1 is 0.797 bits per heavy atom. The molecular formula is C44H76N3O11S+. The van der Waals surface area contributed by atoms with Crippen LogP contribution in [0.15, 0.2) is 35.9 Å². The van der Waals surface area contributed by atoms with Crippen molar-refractivity contribution in [3.05, 3.63) is 41.5 Å². The molecule has 4 atom stereocenters. The number of benzene rings is 1. The summed E-state index contributed by atoms with van der Waals surface area (Å²) in [6, 6.07) is 4.43. The first kappa shape index (κ1) is 54.0. The number of carbonyl (C=O) groups is 4. The van der Waals surface area contributed by atoms with Crippen molar-refractivity contribution in [1.29, 1.82) is 0 Å². The predicted molar refractivity (Wildman–Crippen MR) is 232 cm³/mol. The molecule has 0 spiro atoms. The lowest BCUT2D eigenvalue weighted by atomic mass is 9.75. The average molecular weight is 855 g/mol. The molecule has 1 rings (SSSR count). The van der Waals surface area contributed by atoms with E-state index in [4.69, 9.17) is 28.4 Å². The molecule has 0 aromatic heterocycles. The van der Waals surface area contributed by atoms with Gasteiger partial charge in [-0.2, -0.15) is 4.79 Å². The summed E-state index contributed by atoms with van der Waals surface area (Å²) in [7, 11) is 2.97. The van der Waals surface area contributed by atoms with Gasteiger partial charge in [0.1, 0.15) is 31.0 Å². The van der Waals surface area contributed by atoms with Crippen molar-refractivity contribution in [2.75, 3.05) is 79.3 Å². The molecule has 1 aromatic carbocycles. The van der Waals surface area contributed by atoms with Crippen molar-refractivity contribution in [3.63, 3.8) is 0 Å². The maximum absolute atomic E-state index is 14.7. The Balaban J connectivity index is 3.03. The molecule has 0 aliphatic carbocycles. The van der Waals surface area contributed by atoms with Crippen LogP contribution in [0.3, 0.4) is 0 Å². The van der Waals surface area contributed by atoms with E-state index in [1.165, 1.54) is 25.7 Å². The SMILES string of the molecule is CC(=O)SCCOCCOCCOCCOCCOc1ccc(C(C)(C)C(C(=O)NC(C(=O)N(C)C(C=C(C)C)C(C)C)C(C)(C)C)[N+](C)(O)C(=O)OC(C)(C)C)cc1. The molecule has 0 aliphatic rings. The first-order valence-electron chi connectivity index (χ1n) is 20.5. The van der Waals surface area contributed by atoms with Gasteiger partial charge < -0.3 is 38.6 Å². The third-order valence-corrected chi connectivity index (χ3v) is 10.1. The van der Waals surface area contributed by atoms with Crippen molar-refractivity contribution in [3.8, 4) is 5.75 Å². The topological polar surface area (TPSA) is 159 Å².